The van der Waals surface area contributed by atoms with E-state index in [2.05, 4.69) is 10.3 Å². The molecule has 138 valence electrons. The van der Waals surface area contributed by atoms with Crippen LogP contribution in [0.4, 0.5) is 0 Å². The Balaban J connectivity index is 1.91. The molecule has 1 aliphatic rings. The standard InChI is InChI=1S/C19H23N3O4/c1-12-4-6-13(7-5-12)10-20-16(24)14-15(23)17(25)22-8-9-26-11-19(2,3)18(22)21-14/h4-7,23H,8-11H2,1-3H3,(H,20,24). The normalized spacial score (nSPS) is 15.8. The van der Waals surface area contributed by atoms with Crippen LogP contribution in [0.2, 0.25) is 0 Å². The van der Waals surface area contributed by atoms with Gasteiger partial charge in [-0.05, 0) is 12.5 Å². The van der Waals surface area contributed by atoms with Crippen LogP contribution in [0.5, 0.6) is 5.75 Å². The van der Waals surface area contributed by atoms with Gasteiger partial charge in [0.15, 0.2) is 5.69 Å². The molecule has 1 aromatic heterocycles. The number of benzene rings is 1. The summed E-state index contributed by atoms with van der Waals surface area (Å²) < 4.78 is 6.91. The zero-order valence-electron chi connectivity index (χ0n) is 15.2. The molecule has 3 rings (SSSR count). The van der Waals surface area contributed by atoms with Crippen molar-refractivity contribution in [2.45, 2.75) is 39.3 Å². The van der Waals surface area contributed by atoms with Gasteiger partial charge in [0.1, 0.15) is 5.82 Å². The van der Waals surface area contributed by atoms with Gasteiger partial charge in [0.25, 0.3) is 11.5 Å². The predicted octanol–water partition coefficient (Wildman–Crippen LogP) is 1.50. The molecule has 7 nitrogen and oxygen atoms in total. The SMILES string of the molecule is Cc1ccc(CNC(=O)c2nc3n(c(=O)c2O)CCOCC3(C)C)cc1. The lowest BCUT2D eigenvalue weighted by Crippen LogP contribution is -2.36. The fourth-order valence-electron chi connectivity index (χ4n) is 2.95. The maximum absolute atomic E-state index is 12.5. The van der Waals surface area contributed by atoms with Crippen LogP contribution < -0.4 is 10.9 Å². The lowest BCUT2D eigenvalue weighted by atomic mass is 9.93. The van der Waals surface area contributed by atoms with E-state index in [4.69, 9.17) is 4.74 Å². The summed E-state index contributed by atoms with van der Waals surface area (Å²) in [5.41, 5.74) is 0.638. The fraction of sp³-hybridized carbons (Fsp3) is 0.421. The quantitative estimate of drug-likeness (QED) is 0.868. The van der Waals surface area contributed by atoms with Crippen molar-refractivity contribution in [2.24, 2.45) is 0 Å². The largest absolute Gasteiger partial charge is 0.501 e. The molecule has 0 atom stereocenters. The summed E-state index contributed by atoms with van der Waals surface area (Å²) in [6, 6.07) is 7.73. The van der Waals surface area contributed by atoms with Gasteiger partial charge in [0.05, 0.1) is 19.8 Å². The predicted molar refractivity (Wildman–Crippen MR) is 96.4 cm³/mol. The Hall–Kier alpha value is -2.67. The first-order chi connectivity index (χ1) is 12.3. The Bertz CT molecular complexity index is 885. The number of amides is 1. The van der Waals surface area contributed by atoms with E-state index in [0.717, 1.165) is 11.1 Å². The molecular formula is C19H23N3O4. The van der Waals surface area contributed by atoms with E-state index in [-0.39, 0.29) is 12.2 Å². The number of ether oxygens (including phenoxy) is 1. The van der Waals surface area contributed by atoms with Crippen LogP contribution in [-0.4, -0.2) is 33.8 Å². The van der Waals surface area contributed by atoms with E-state index >= 15 is 0 Å². The maximum atomic E-state index is 12.5. The highest BCUT2D eigenvalue weighted by Crippen LogP contribution is 2.25. The fourth-order valence-corrected chi connectivity index (χ4v) is 2.95. The topological polar surface area (TPSA) is 93.5 Å². The number of hydrogen-bond acceptors (Lipinski definition) is 5. The van der Waals surface area contributed by atoms with E-state index in [9.17, 15) is 14.7 Å². The second-order valence-corrected chi connectivity index (χ2v) is 7.19. The number of nitrogens with one attached hydrogen (secondary N) is 1. The summed E-state index contributed by atoms with van der Waals surface area (Å²) >= 11 is 0. The van der Waals surface area contributed by atoms with E-state index in [0.29, 0.717) is 25.6 Å². The number of nitrogens with zero attached hydrogens (tertiary/aromatic N) is 2. The van der Waals surface area contributed by atoms with Gasteiger partial charge in [0, 0.05) is 12.0 Å². The molecule has 2 N–H and O–H groups in total. The summed E-state index contributed by atoms with van der Waals surface area (Å²) in [6.45, 7) is 7.09. The molecular weight excluding hydrogens is 334 g/mol. The molecule has 26 heavy (non-hydrogen) atoms. The first-order valence-corrected chi connectivity index (χ1v) is 8.55. The van der Waals surface area contributed by atoms with Crippen LogP contribution in [0.3, 0.4) is 0 Å². The summed E-state index contributed by atoms with van der Waals surface area (Å²) in [5, 5.41) is 12.9. The Labute approximate surface area is 151 Å². The third-order valence-electron chi connectivity index (χ3n) is 4.46. The van der Waals surface area contributed by atoms with E-state index in [1.54, 1.807) is 0 Å². The molecule has 0 aliphatic carbocycles. The van der Waals surface area contributed by atoms with E-state index in [1.165, 1.54) is 4.57 Å². The highest BCUT2D eigenvalue weighted by Gasteiger charge is 2.32. The van der Waals surface area contributed by atoms with Crippen molar-refractivity contribution in [3.8, 4) is 5.75 Å². The average molecular weight is 357 g/mol. The molecule has 0 fully saturated rings. The molecule has 2 aromatic rings. The van der Waals surface area contributed by atoms with Crippen molar-refractivity contribution in [1.82, 2.24) is 14.9 Å². The number of aromatic nitrogens is 2. The highest BCUT2D eigenvalue weighted by atomic mass is 16.5. The molecule has 1 amide bonds. The van der Waals surface area contributed by atoms with Crippen LogP contribution in [0, 0.1) is 6.92 Å². The molecule has 7 heteroatoms. The van der Waals surface area contributed by atoms with Gasteiger partial charge in [-0.15, -0.1) is 0 Å². The molecule has 1 aromatic carbocycles. The van der Waals surface area contributed by atoms with Crippen molar-refractivity contribution in [2.75, 3.05) is 13.2 Å². The minimum absolute atomic E-state index is 0.247. The van der Waals surface area contributed by atoms with Gasteiger partial charge in [-0.1, -0.05) is 43.7 Å². The second-order valence-electron chi connectivity index (χ2n) is 7.19. The summed E-state index contributed by atoms with van der Waals surface area (Å²) in [4.78, 5) is 29.4. The molecule has 0 bridgehead atoms. The van der Waals surface area contributed by atoms with Crippen molar-refractivity contribution in [1.29, 1.82) is 0 Å². The number of carbonyl (C=O) groups is 1. The van der Waals surface area contributed by atoms with Gasteiger partial charge in [-0.25, -0.2) is 4.98 Å². The zero-order valence-corrected chi connectivity index (χ0v) is 15.2. The molecule has 0 unspecified atom stereocenters. The van der Waals surface area contributed by atoms with Crippen LogP contribution in [0.15, 0.2) is 29.1 Å². The van der Waals surface area contributed by atoms with Crippen molar-refractivity contribution < 1.29 is 14.6 Å². The van der Waals surface area contributed by atoms with Crippen molar-refractivity contribution in [3.05, 3.63) is 57.3 Å². The number of rotatable bonds is 3. The van der Waals surface area contributed by atoms with Crippen LogP contribution in [0.1, 0.15) is 41.3 Å². The minimum Gasteiger partial charge on any atom is -0.501 e. The highest BCUT2D eigenvalue weighted by molar-refractivity contribution is 5.94. The van der Waals surface area contributed by atoms with Gasteiger partial charge < -0.3 is 15.2 Å². The van der Waals surface area contributed by atoms with Crippen LogP contribution in [-0.2, 0) is 23.2 Å². The lowest BCUT2D eigenvalue weighted by Gasteiger charge is -2.24. The third kappa shape index (κ3) is 3.48. The zero-order chi connectivity index (χ0) is 18.9. The molecule has 2 heterocycles. The number of hydrogen-bond donors (Lipinski definition) is 2. The van der Waals surface area contributed by atoms with Crippen LogP contribution >= 0.6 is 0 Å². The van der Waals surface area contributed by atoms with Gasteiger partial charge in [-0.3, -0.25) is 14.2 Å². The first kappa shape index (κ1) is 18.1. The minimum atomic E-state index is -0.632. The molecule has 0 saturated heterocycles. The first-order valence-electron chi connectivity index (χ1n) is 8.55. The second kappa shape index (κ2) is 6.92. The molecule has 0 spiro atoms. The summed E-state index contributed by atoms with van der Waals surface area (Å²) in [7, 11) is 0. The molecule has 0 saturated carbocycles. The number of carbonyl (C=O) groups excluding carboxylic acids is 1. The summed E-state index contributed by atoms with van der Waals surface area (Å²) in [6.07, 6.45) is 0. The smallest absolute Gasteiger partial charge is 0.296 e. The Kier molecular flexibility index (Phi) is 4.82. The van der Waals surface area contributed by atoms with Gasteiger partial charge in [-0.2, -0.15) is 0 Å². The van der Waals surface area contributed by atoms with Crippen molar-refractivity contribution >= 4 is 5.91 Å². The third-order valence-corrected chi connectivity index (χ3v) is 4.46. The number of aryl methyl sites for hydroxylation is 1. The summed E-state index contributed by atoms with van der Waals surface area (Å²) in [5.74, 6) is -0.768. The number of aromatic hydroxyl groups is 1. The van der Waals surface area contributed by atoms with E-state index in [1.807, 2.05) is 45.0 Å². The Morgan fingerprint density at radius 1 is 1.35 bits per heavy atom. The Morgan fingerprint density at radius 3 is 2.73 bits per heavy atom. The van der Waals surface area contributed by atoms with Gasteiger partial charge >= 0.3 is 0 Å². The molecule has 0 radical (unpaired) electrons. The average Bonchev–Trinajstić information content (AvgIpc) is 2.75. The molecule has 1 aliphatic heterocycles. The monoisotopic (exact) mass is 357 g/mol. The van der Waals surface area contributed by atoms with Crippen LogP contribution in [0.25, 0.3) is 0 Å². The number of fused-ring (bicyclic) bond motifs is 1. The van der Waals surface area contributed by atoms with E-state index < -0.39 is 22.6 Å². The lowest BCUT2D eigenvalue weighted by molar-refractivity contribution is 0.0939. The Morgan fingerprint density at radius 2 is 2.04 bits per heavy atom. The van der Waals surface area contributed by atoms with Crippen molar-refractivity contribution in [3.63, 3.8) is 0 Å². The van der Waals surface area contributed by atoms with Gasteiger partial charge in [0.2, 0.25) is 5.75 Å². The maximum Gasteiger partial charge on any atom is 0.296 e.